The molecule has 0 heterocycles. The molecule has 2 rings (SSSR count). The Morgan fingerprint density at radius 2 is 1.85 bits per heavy atom. The molecule has 20 heavy (non-hydrogen) atoms. The number of aryl methyl sites for hydroxylation is 1. The van der Waals surface area contributed by atoms with Crippen LogP contribution in [-0.2, 0) is 17.8 Å². The normalized spacial score (nSPS) is 10.2. The summed E-state index contributed by atoms with van der Waals surface area (Å²) in [5, 5.41) is 12.1. The number of thiol groups is 1. The molecular weight excluding hydrogens is 270 g/mol. The van der Waals surface area contributed by atoms with E-state index >= 15 is 0 Å². The molecule has 0 fully saturated rings. The number of carbonyl (C=O) groups excluding carboxylic acids is 1. The molecule has 4 heteroatoms. The van der Waals surface area contributed by atoms with Gasteiger partial charge in [0.15, 0.2) is 0 Å². The molecule has 0 aliphatic heterocycles. The number of hydrogen-bond acceptors (Lipinski definition) is 3. The summed E-state index contributed by atoms with van der Waals surface area (Å²) in [4.78, 5) is 12.7. The van der Waals surface area contributed by atoms with Crippen molar-refractivity contribution in [2.75, 3.05) is 0 Å². The fourth-order valence-corrected chi connectivity index (χ4v) is 2.13. The van der Waals surface area contributed by atoms with Crippen LogP contribution in [0.1, 0.15) is 17.5 Å². The highest BCUT2D eigenvalue weighted by Crippen LogP contribution is 2.11. The number of hydrogen-bond donors (Lipinski definition) is 3. The van der Waals surface area contributed by atoms with Gasteiger partial charge in [-0.05, 0) is 41.8 Å². The summed E-state index contributed by atoms with van der Waals surface area (Å²) in [7, 11) is 0. The lowest BCUT2D eigenvalue weighted by molar-refractivity contribution is -0.121. The lowest BCUT2D eigenvalue weighted by Crippen LogP contribution is -2.22. The van der Waals surface area contributed by atoms with Crippen LogP contribution in [0, 0.1) is 0 Å². The molecule has 3 nitrogen and oxygen atoms in total. The van der Waals surface area contributed by atoms with Gasteiger partial charge in [0, 0.05) is 17.9 Å². The lowest BCUT2D eigenvalue weighted by atomic mass is 10.1. The Kier molecular flexibility index (Phi) is 5.07. The van der Waals surface area contributed by atoms with Crippen LogP contribution in [0.15, 0.2) is 53.4 Å². The minimum Gasteiger partial charge on any atom is -0.508 e. The third kappa shape index (κ3) is 4.63. The van der Waals surface area contributed by atoms with Crippen molar-refractivity contribution in [2.45, 2.75) is 24.3 Å². The molecule has 0 aromatic heterocycles. The Hall–Kier alpha value is -1.94. The van der Waals surface area contributed by atoms with Gasteiger partial charge >= 0.3 is 0 Å². The van der Waals surface area contributed by atoms with Crippen LogP contribution in [0.3, 0.4) is 0 Å². The Balaban J connectivity index is 1.77. The van der Waals surface area contributed by atoms with Crippen molar-refractivity contribution in [3.8, 4) is 5.75 Å². The van der Waals surface area contributed by atoms with E-state index < -0.39 is 0 Å². The average Bonchev–Trinajstić information content (AvgIpc) is 2.45. The summed E-state index contributed by atoms with van der Waals surface area (Å²) in [5.74, 6) is 0.257. The van der Waals surface area contributed by atoms with Crippen molar-refractivity contribution in [2.24, 2.45) is 0 Å². The topological polar surface area (TPSA) is 49.3 Å². The third-order valence-corrected chi connectivity index (χ3v) is 3.26. The van der Waals surface area contributed by atoms with E-state index in [0.29, 0.717) is 19.4 Å². The molecular formula is C16H17NO2S. The molecule has 0 aliphatic rings. The van der Waals surface area contributed by atoms with E-state index in [-0.39, 0.29) is 11.7 Å². The Labute approximate surface area is 124 Å². The molecule has 2 N–H and O–H groups in total. The van der Waals surface area contributed by atoms with Crippen molar-refractivity contribution in [3.63, 3.8) is 0 Å². The van der Waals surface area contributed by atoms with Crippen LogP contribution in [0.2, 0.25) is 0 Å². The standard InChI is InChI=1S/C16H17NO2S/c18-14-7-4-12(5-8-14)6-9-16(19)17-11-13-2-1-3-15(20)10-13/h1-5,7-8,10,18,20H,6,9,11H2,(H,17,19). The second kappa shape index (κ2) is 7.01. The minimum absolute atomic E-state index is 0.0163. The van der Waals surface area contributed by atoms with Crippen molar-refractivity contribution in [1.82, 2.24) is 5.32 Å². The van der Waals surface area contributed by atoms with Crippen LogP contribution in [0.5, 0.6) is 5.75 Å². The molecule has 0 atom stereocenters. The van der Waals surface area contributed by atoms with Gasteiger partial charge in [-0.1, -0.05) is 24.3 Å². The average molecular weight is 287 g/mol. The summed E-state index contributed by atoms with van der Waals surface area (Å²) < 4.78 is 0. The summed E-state index contributed by atoms with van der Waals surface area (Å²) in [6.07, 6.45) is 1.10. The van der Waals surface area contributed by atoms with Gasteiger partial charge in [-0.3, -0.25) is 4.79 Å². The Morgan fingerprint density at radius 3 is 2.55 bits per heavy atom. The van der Waals surface area contributed by atoms with Gasteiger partial charge in [0.05, 0.1) is 0 Å². The fourth-order valence-electron chi connectivity index (χ4n) is 1.88. The van der Waals surface area contributed by atoms with Gasteiger partial charge in [0.1, 0.15) is 5.75 Å². The molecule has 0 radical (unpaired) electrons. The van der Waals surface area contributed by atoms with Gasteiger partial charge in [-0.25, -0.2) is 0 Å². The van der Waals surface area contributed by atoms with E-state index in [4.69, 9.17) is 0 Å². The van der Waals surface area contributed by atoms with Crippen molar-refractivity contribution in [3.05, 3.63) is 59.7 Å². The summed E-state index contributed by atoms with van der Waals surface area (Å²) in [5.41, 5.74) is 2.07. The highest BCUT2D eigenvalue weighted by atomic mass is 32.1. The number of nitrogens with one attached hydrogen (secondary N) is 1. The minimum atomic E-state index is 0.0163. The van der Waals surface area contributed by atoms with Crippen LogP contribution in [0.4, 0.5) is 0 Å². The molecule has 0 spiro atoms. The first-order chi connectivity index (χ1) is 9.63. The van der Waals surface area contributed by atoms with Crippen molar-refractivity contribution in [1.29, 1.82) is 0 Å². The molecule has 0 unspecified atom stereocenters. The van der Waals surface area contributed by atoms with Crippen LogP contribution >= 0.6 is 12.6 Å². The van der Waals surface area contributed by atoms with Crippen LogP contribution < -0.4 is 5.32 Å². The summed E-state index contributed by atoms with van der Waals surface area (Å²) >= 11 is 4.26. The van der Waals surface area contributed by atoms with E-state index in [9.17, 15) is 9.90 Å². The molecule has 2 aromatic carbocycles. The highest BCUT2D eigenvalue weighted by Gasteiger charge is 2.03. The third-order valence-electron chi connectivity index (χ3n) is 2.98. The highest BCUT2D eigenvalue weighted by molar-refractivity contribution is 7.80. The smallest absolute Gasteiger partial charge is 0.220 e. The maximum atomic E-state index is 11.8. The number of carbonyl (C=O) groups is 1. The zero-order chi connectivity index (χ0) is 14.4. The first-order valence-electron chi connectivity index (χ1n) is 6.46. The zero-order valence-electron chi connectivity index (χ0n) is 11.0. The van der Waals surface area contributed by atoms with Gasteiger partial charge in [-0.15, -0.1) is 12.6 Å². The quantitative estimate of drug-likeness (QED) is 0.741. The zero-order valence-corrected chi connectivity index (χ0v) is 11.9. The first-order valence-corrected chi connectivity index (χ1v) is 6.91. The number of amides is 1. The van der Waals surface area contributed by atoms with Gasteiger partial charge in [-0.2, -0.15) is 0 Å². The van der Waals surface area contributed by atoms with E-state index in [1.165, 1.54) is 0 Å². The molecule has 0 aliphatic carbocycles. The molecule has 0 saturated heterocycles. The van der Waals surface area contributed by atoms with E-state index in [0.717, 1.165) is 16.0 Å². The lowest BCUT2D eigenvalue weighted by Gasteiger charge is -2.06. The van der Waals surface area contributed by atoms with Crippen molar-refractivity contribution < 1.29 is 9.90 Å². The van der Waals surface area contributed by atoms with Crippen LogP contribution in [0.25, 0.3) is 0 Å². The second-order valence-electron chi connectivity index (χ2n) is 4.61. The molecule has 0 bridgehead atoms. The van der Waals surface area contributed by atoms with Gasteiger partial charge in [0.25, 0.3) is 0 Å². The van der Waals surface area contributed by atoms with E-state index in [2.05, 4.69) is 17.9 Å². The number of rotatable bonds is 5. The monoisotopic (exact) mass is 287 g/mol. The number of aromatic hydroxyl groups is 1. The van der Waals surface area contributed by atoms with Crippen LogP contribution in [-0.4, -0.2) is 11.0 Å². The van der Waals surface area contributed by atoms with Gasteiger partial charge < -0.3 is 10.4 Å². The molecule has 0 saturated carbocycles. The van der Waals surface area contributed by atoms with E-state index in [1.807, 2.05) is 36.4 Å². The summed E-state index contributed by atoms with van der Waals surface area (Å²) in [6, 6.07) is 14.6. The molecule has 104 valence electrons. The van der Waals surface area contributed by atoms with E-state index in [1.54, 1.807) is 12.1 Å². The fraction of sp³-hybridized carbons (Fsp3) is 0.188. The molecule has 1 amide bonds. The summed E-state index contributed by atoms with van der Waals surface area (Å²) in [6.45, 7) is 0.517. The number of benzene rings is 2. The van der Waals surface area contributed by atoms with Gasteiger partial charge in [0.2, 0.25) is 5.91 Å². The number of phenolic OH excluding ortho intramolecular Hbond substituents is 1. The maximum absolute atomic E-state index is 11.8. The Morgan fingerprint density at radius 1 is 1.10 bits per heavy atom. The number of phenols is 1. The predicted octanol–water partition coefficient (Wildman–Crippen LogP) is 2.93. The maximum Gasteiger partial charge on any atom is 0.220 e. The second-order valence-corrected chi connectivity index (χ2v) is 5.13. The molecule has 2 aromatic rings. The SMILES string of the molecule is O=C(CCc1ccc(O)cc1)NCc1cccc(S)c1. The Bertz CT molecular complexity index is 581. The van der Waals surface area contributed by atoms with Crippen molar-refractivity contribution >= 4 is 18.5 Å². The largest absolute Gasteiger partial charge is 0.508 e. The predicted molar refractivity (Wildman–Crippen MR) is 82.0 cm³/mol. The first kappa shape index (κ1) is 14.5.